The van der Waals surface area contributed by atoms with Gasteiger partial charge in [0.2, 0.25) is 11.8 Å². The lowest BCUT2D eigenvalue weighted by molar-refractivity contribution is 0.143. The average molecular weight is 183 g/mol. The molecule has 0 aliphatic carbocycles. The maximum atomic E-state index is 5.40. The highest BCUT2D eigenvalue weighted by Crippen LogP contribution is 2.13. The summed E-state index contributed by atoms with van der Waals surface area (Å²) in [6.07, 6.45) is 1.63. The van der Waals surface area contributed by atoms with Crippen molar-refractivity contribution in [1.82, 2.24) is 9.97 Å². The van der Waals surface area contributed by atoms with E-state index in [-0.39, 0.29) is 5.95 Å². The molecule has 0 radical (unpaired) electrons. The first kappa shape index (κ1) is 9.73. The van der Waals surface area contributed by atoms with Crippen molar-refractivity contribution in [1.29, 1.82) is 0 Å². The predicted octanol–water partition coefficient (Wildman–Crippen LogP) is 0.392. The number of hydrogen-bond donors (Lipinski definition) is 1. The van der Waals surface area contributed by atoms with E-state index in [2.05, 4.69) is 9.97 Å². The number of hydrogen-bond acceptors (Lipinski definition) is 5. The standard InChI is InChI=1S/C8H13N3O2/c1-6-5-10-8(9)11-7(6)13-4-3-12-2/h5H,3-4H2,1-2H3,(H2,9,10,11). The molecule has 2 N–H and O–H groups in total. The molecule has 0 aliphatic rings. The molecule has 0 spiro atoms. The molecule has 1 aromatic heterocycles. The number of rotatable bonds is 4. The highest BCUT2D eigenvalue weighted by atomic mass is 16.5. The van der Waals surface area contributed by atoms with E-state index in [9.17, 15) is 0 Å². The van der Waals surface area contributed by atoms with Gasteiger partial charge in [0, 0.05) is 18.9 Å². The molecule has 1 aromatic rings. The normalized spacial score (nSPS) is 10.0. The van der Waals surface area contributed by atoms with Gasteiger partial charge in [0.25, 0.3) is 0 Å². The number of methoxy groups -OCH3 is 1. The molecular weight excluding hydrogens is 170 g/mol. The van der Waals surface area contributed by atoms with Crippen molar-refractivity contribution < 1.29 is 9.47 Å². The Balaban J connectivity index is 2.59. The molecule has 0 saturated carbocycles. The van der Waals surface area contributed by atoms with E-state index in [4.69, 9.17) is 15.2 Å². The van der Waals surface area contributed by atoms with Crippen LogP contribution in [0.3, 0.4) is 0 Å². The number of aryl methyl sites for hydroxylation is 1. The van der Waals surface area contributed by atoms with E-state index in [1.807, 2.05) is 6.92 Å². The van der Waals surface area contributed by atoms with Gasteiger partial charge < -0.3 is 15.2 Å². The Morgan fingerprint density at radius 2 is 2.23 bits per heavy atom. The monoisotopic (exact) mass is 183 g/mol. The number of nitrogens with zero attached hydrogens (tertiary/aromatic N) is 2. The summed E-state index contributed by atoms with van der Waals surface area (Å²) in [5.41, 5.74) is 6.26. The minimum Gasteiger partial charge on any atom is -0.475 e. The van der Waals surface area contributed by atoms with Crippen LogP contribution in [0.2, 0.25) is 0 Å². The number of aromatic nitrogens is 2. The summed E-state index contributed by atoms with van der Waals surface area (Å²) in [7, 11) is 1.62. The Morgan fingerprint density at radius 1 is 1.46 bits per heavy atom. The zero-order valence-electron chi connectivity index (χ0n) is 7.78. The van der Waals surface area contributed by atoms with Crippen LogP contribution in [0, 0.1) is 6.92 Å². The predicted molar refractivity (Wildman–Crippen MR) is 48.6 cm³/mol. The van der Waals surface area contributed by atoms with Crippen molar-refractivity contribution in [3.63, 3.8) is 0 Å². The van der Waals surface area contributed by atoms with Crippen LogP contribution in [-0.2, 0) is 4.74 Å². The molecule has 72 valence electrons. The molecule has 0 aliphatic heterocycles. The van der Waals surface area contributed by atoms with Crippen LogP contribution in [-0.4, -0.2) is 30.3 Å². The largest absolute Gasteiger partial charge is 0.475 e. The molecule has 5 nitrogen and oxygen atoms in total. The van der Waals surface area contributed by atoms with E-state index in [1.165, 1.54) is 0 Å². The fraction of sp³-hybridized carbons (Fsp3) is 0.500. The summed E-state index contributed by atoms with van der Waals surface area (Å²) in [4.78, 5) is 7.76. The fourth-order valence-corrected chi connectivity index (χ4v) is 0.807. The Morgan fingerprint density at radius 3 is 2.92 bits per heavy atom. The molecule has 5 heteroatoms. The van der Waals surface area contributed by atoms with Gasteiger partial charge in [-0.3, -0.25) is 0 Å². The molecule has 0 unspecified atom stereocenters. The Kier molecular flexibility index (Phi) is 3.45. The summed E-state index contributed by atoms with van der Waals surface area (Å²) in [5, 5.41) is 0. The van der Waals surface area contributed by atoms with E-state index in [0.29, 0.717) is 19.1 Å². The maximum Gasteiger partial charge on any atom is 0.223 e. The first-order valence-electron chi connectivity index (χ1n) is 3.95. The van der Waals surface area contributed by atoms with Crippen molar-refractivity contribution >= 4 is 5.95 Å². The molecule has 0 saturated heterocycles. The van der Waals surface area contributed by atoms with Crippen molar-refractivity contribution in [2.45, 2.75) is 6.92 Å². The minimum atomic E-state index is 0.220. The molecule has 0 aromatic carbocycles. The van der Waals surface area contributed by atoms with Gasteiger partial charge in [0.1, 0.15) is 6.61 Å². The summed E-state index contributed by atoms with van der Waals surface area (Å²) >= 11 is 0. The first-order chi connectivity index (χ1) is 6.24. The second-order valence-electron chi connectivity index (χ2n) is 2.56. The van der Waals surface area contributed by atoms with Gasteiger partial charge in [0.05, 0.1) is 6.61 Å². The molecule has 13 heavy (non-hydrogen) atoms. The third-order valence-corrected chi connectivity index (χ3v) is 1.47. The van der Waals surface area contributed by atoms with Crippen molar-refractivity contribution in [3.05, 3.63) is 11.8 Å². The highest BCUT2D eigenvalue weighted by molar-refractivity contribution is 5.28. The lowest BCUT2D eigenvalue weighted by Crippen LogP contribution is -2.08. The van der Waals surface area contributed by atoms with E-state index >= 15 is 0 Å². The summed E-state index contributed by atoms with van der Waals surface area (Å²) < 4.78 is 10.1. The van der Waals surface area contributed by atoms with Crippen molar-refractivity contribution in [2.75, 3.05) is 26.1 Å². The van der Waals surface area contributed by atoms with Crippen LogP contribution in [0.1, 0.15) is 5.56 Å². The van der Waals surface area contributed by atoms with Gasteiger partial charge in [-0.25, -0.2) is 4.98 Å². The van der Waals surface area contributed by atoms with Crippen molar-refractivity contribution in [2.24, 2.45) is 0 Å². The lowest BCUT2D eigenvalue weighted by atomic mass is 10.4. The van der Waals surface area contributed by atoms with E-state index < -0.39 is 0 Å². The Hall–Kier alpha value is -1.36. The molecule has 0 bridgehead atoms. The second kappa shape index (κ2) is 4.61. The SMILES string of the molecule is COCCOc1nc(N)ncc1C. The van der Waals surface area contributed by atoms with Crippen LogP contribution < -0.4 is 10.5 Å². The van der Waals surface area contributed by atoms with E-state index in [1.54, 1.807) is 13.3 Å². The van der Waals surface area contributed by atoms with Crippen LogP contribution in [0.15, 0.2) is 6.20 Å². The zero-order valence-corrected chi connectivity index (χ0v) is 7.78. The van der Waals surface area contributed by atoms with Gasteiger partial charge in [-0.2, -0.15) is 4.98 Å². The second-order valence-corrected chi connectivity index (χ2v) is 2.56. The van der Waals surface area contributed by atoms with Crippen LogP contribution in [0.25, 0.3) is 0 Å². The summed E-state index contributed by atoms with van der Waals surface area (Å²) in [6, 6.07) is 0. The smallest absolute Gasteiger partial charge is 0.223 e. The van der Waals surface area contributed by atoms with Gasteiger partial charge >= 0.3 is 0 Å². The lowest BCUT2D eigenvalue weighted by Gasteiger charge is -2.06. The third-order valence-electron chi connectivity index (χ3n) is 1.47. The Labute approximate surface area is 76.9 Å². The molecule has 1 rings (SSSR count). The summed E-state index contributed by atoms with van der Waals surface area (Å²) in [5.74, 6) is 0.738. The fourth-order valence-electron chi connectivity index (χ4n) is 0.807. The topological polar surface area (TPSA) is 70.3 Å². The number of nitrogen functional groups attached to an aromatic ring is 1. The number of ether oxygens (including phenoxy) is 2. The number of nitrogens with two attached hydrogens (primary N) is 1. The molecule has 0 atom stereocenters. The highest BCUT2D eigenvalue weighted by Gasteiger charge is 2.01. The van der Waals surface area contributed by atoms with Crippen molar-refractivity contribution in [3.8, 4) is 5.88 Å². The Bertz CT molecular complexity index is 278. The summed E-state index contributed by atoms with van der Waals surface area (Å²) in [6.45, 7) is 2.86. The van der Waals surface area contributed by atoms with Crippen LogP contribution in [0.5, 0.6) is 5.88 Å². The quantitative estimate of drug-likeness (QED) is 0.684. The van der Waals surface area contributed by atoms with Gasteiger partial charge in [-0.15, -0.1) is 0 Å². The van der Waals surface area contributed by atoms with E-state index in [0.717, 1.165) is 5.56 Å². The van der Waals surface area contributed by atoms with Crippen LogP contribution in [0.4, 0.5) is 5.95 Å². The average Bonchev–Trinajstić information content (AvgIpc) is 2.11. The van der Waals surface area contributed by atoms with Gasteiger partial charge in [-0.05, 0) is 6.92 Å². The minimum absolute atomic E-state index is 0.220. The van der Waals surface area contributed by atoms with Gasteiger partial charge in [0.15, 0.2) is 0 Å². The zero-order chi connectivity index (χ0) is 9.68. The number of anilines is 1. The van der Waals surface area contributed by atoms with Crippen LogP contribution >= 0.6 is 0 Å². The first-order valence-corrected chi connectivity index (χ1v) is 3.95. The molecule has 0 amide bonds. The maximum absolute atomic E-state index is 5.40. The van der Waals surface area contributed by atoms with Gasteiger partial charge in [-0.1, -0.05) is 0 Å². The third kappa shape index (κ3) is 2.87. The molecule has 0 fully saturated rings. The molecule has 1 heterocycles. The molecular formula is C8H13N3O2.